The first-order valence-electron chi connectivity index (χ1n) is 9.85. The van der Waals surface area contributed by atoms with Crippen molar-refractivity contribution in [1.29, 1.82) is 5.26 Å². The maximum absolute atomic E-state index is 14.6. The van der Waals surface area contributed by atoms with Crippen LogP contribution in [-0.2, 0) is 4.79 Å². The lowest BCUT2D eigenvalue weighted by molar-refractivity contribution is -0.119. The van der Waals surface area contributed by atoms with E-state index in [1.807, 2.05) is 0 Å². The summed E-state index contributed by atoms with van der Waals surface area (Å²) in [6, 6.07) is 9.56. The Bertz CT molecular complexity index is 1320. The minimum Gasteiger partial charge on any atom is -0.337 e. The number of carbonyl (C=O) groups is 1. The summed E-state index contributed by atoms with van der Waals surface area (Å²) >= 11 is 6.93. The molecule has 0 bridgehead atoms. The zero-order valence-corrected chi connectivity index (χ0v) is 18.3. The summed E-state index contributed by atoms with van der Waals surface area (Å²) in [5.41, 5.74) is -1.35. The van der Waals surface area contributed by atoms with Crippen LogP contribution in [0.2, 0.25) is 5.02 Å². The number of thioether (sulfide) groups is 1. The number of amides is 1. The molecular weight excluding hydrogens is 458 g/mol. The van der Waals surface area contributed by atoms with E-state index in [1.165, 1.54) is 6.07 Å². The molecule has 4 rings (SSSR count). The van der Waals surface area contributed by atoms with Crippen LogP contribution in [0.4, 0.5) is 8.78 Å². The number of fused-ring (bicyclic) bond motifs is 1. The molecular formula is C22H17ClF2N4O2S. The first-order chi connectivity index (χ1) is 15.3. The Labute approximate surface area is 191 Å². The van der Waals surface area contributed by atoms with Gasteiger partial charge in [0.1, 0.15) is 17.2 Å². The van der Waals surface area contributed by atoms with E-state index < -0.39 is 28.6 Å². The van der Waals surface area contributed by atoms with Gasteiger partial charge in [0.15, 0.2) is 5.16 Å². The molecule has 0 unspecified atom stereocenters. The highest BCUT2D eigenvalue weighted by atomic mass is 35.5. The highest BCUT2D eigenvalue weighted by Gasteiger charge is 2.35. The van der Waals surface area contributed by atoms with Gasteiger partial charge in [0.25, 0.3) is 5.56 Å². The molecule has 1 aliphatic rings. The van der Waals surface area contributed by atoms with E-state index in [4.69, 9.17) is 11.6 Å². The predicted molar refractivity (Wildman–Crippen MR) is 118 cm³/mol. The fraction of sp³-hybridized carbons (Fsp3) is 0.273. The summed E-state index contributed by atoms with van der Waals surface area (Å²) in [5, 5.41) is 12.8. The van der Waals surface area contributed by atoms with Crippen molar-refractivity contribution >= 4 is 40.2 Å². The van der Waals surface area contributed by atoms with Crippen molar-refractivity contribution in [2.75, 3.05) is 5.75 Å². The number of nitrogens with one attached hydrogen (secondary N) is 1. The fourth-order valence-electron chi connectivity index (χ4n) is 3.79. The van der Waals surface area contributed by atoms with Crippen LogP contribution >= 0.6 is 23.4 Å². The summed E-state index contributed by atoms with van der Waals surface area (Å²) in [5.74, 6) is -2.27. The molecule has 6 nitrogen and oxygen atoms in total. The van der Waals surface area contributed by atoms with Gasteiger partial charge in [-0.05, 0) is 56.0 Å². The van der Waals surface area contributed by atoms with Crippen molar-refractivity contribution in [1.82, 2.24) is 14.9 Å². The summed E-state index contributed by atoms with van der Waals surface area (Å²) in [6.45, 7) is 0. The number of hydrogen-bond acceptors (Lipinski definition) is 5. The molecule has 1 fully saturated rings. The van der Waals surface area contributed by atoms with E-state index in [0.29, 0.717) is 29.4 Å². The number of carbonyl (C=O) groups excluding carboxylic acids is 1. The maximum atomic E-state index is 14.6. The van der Waals surface area contributed by atoms with E-state index in [1.54, 1.807) is 12.1 Å². The lowest BCUT2D eigenvalue weighted by Crippen LogP contribution is -2.45. The van der Waals surface area contributed by atoms with Gasteiger partial charge in [-0.1, -0.05) is 23.4 Å². The maximum Gasteiger partial charge on any atom is 0.266 e. The number of hydrogen-bond donors (Lipinski definition) is 1. The first-order valence-corrected chi connectivity index (χ1v) is 11.2. The SMILES string of the molecule is N#CC1(NC(=O)CSc2nc3ccc(Cl)cc3c(=O)n2-c2ccc(F)cc2F)CCCC1. The molecule has 0 aliphatic heterocycles. The highest BCUT2D eigenvalue weighted by Crippen LogP contribution is 2.29. The van der Waals surface area contributed by atoms with Crippen molar-refractivity contribution in [3.63, 3.8) is 0 Å². The molecule has 1 N–H and O–H groups in total. The molecule has 1 heterocycles. The quantitative estimate of drug-likeness (QED) is 0.438. The Morgan fingerprint density at radius 2 is 2.00 bits per heavy atom. The third kappa shape index (κ3) is 4.33. The third-order valence-corrected chi connectivity index (χ3v) is 6.51. The van der Waals surface area contributed by atoms with Crippen molar-refractivity contribution < 1.29 is 13.6 Å². The zero-order chi connectivity index (χ0) is 22.9. The Kier molecular flexibility index (Phi) is 6.17. The standard InChI is InChI=1S/C22H17ClF2N4O2S/c23-13-3-5-17-15(9-13)20(31)29(18-6-4-14(24)10-16(18)25)21(27-17)32-11-19(30)28-22(12-26)7-1-2-8-22/h3-6,9-10H,1-2,7-8,11H2,(H,28,30). The van der Waals surface area contributed by atoms with E-state index in [2.05, 4.69) is 16.4 Å². The lowest BCUT2D eigenvalue weighted by Gasteiger charge is -2.22. The van der Waals surface area contributed by atoms with Crippen molar-refractivity contribution in [3.8, 4) is 11.8 Å². The van der Waals surface area contributed by atoms with Crippen LogP contribution in [0.25, 0.3) is 16.6 Å². The number of aromatic nitrogens is 2. The average molecular weight is 475 g/mol. The predicted octanol–water partition coefficient (Wildman–Crippen LogP) is 4.36. The van der Waals surface area contributed by atoms with E-state index in [9.17, 15) is 23.6 Å². The molecule has 1 aromatic heterocycles. The van der Waals surface area contributed by atoms with Crippen LogP contribution < -0.4 is 10.9 Å². The molecule has 1 amide bonds. The van der Waals surface area contributed by atoms with Gasteiger partial charge in [0, 0.05) is 11.1 Å². The largest absolute Gasteiger partial charge is 0.337 e. The molecule has 2 aromatic carbocycles. The van der Waals surface area contributed by atoms with Crippen LogP contribution in [0.1, 0.15) is 25.7 Å². The van der Waals surface area contributed by atoms with Gasteiger partial charge in [-0.3, -0.25) is 14.2 Å². The van der Waals surface area contributed by atoms with Crippen LogP contribution in [0, 0.1) is 23.0 Å². The van der Waals surface area contributed by atoms with E-state index >= 15 is 0 Å². The van der Waals surface area contributed by atoms with Crippen LogP contribution in [0.15, 0.2) is 46.3 Å². The van der Waals surface area contributed by atoms with Gasteiger partial charge in [-0.2, -0.15) is 5.26 Å². The molecule has 10 heteroatoms. The van der Waals surface area contributed by atoms with Crippen molar-refractivity contribution in [2.45, 2.75) is 36.4 Å². The molecule has 164 valence electrons. The van der Waals surface area contributed by atoms with Crippen LogP contribution in [-0.4, -0.2) is 26.8 Å². The van der Waals surface area contributed by atoms with Gasteiger partial charge in [0.2, 0.25) is 5.91 Å². The Morgan fingerprint density at radius 3 is 2.69 bits per heavy atom. The summed E-state index contributed by atoms with van der Waals surface area (Å²) in [6.07, 6.45) is 2.89. The molecule has 0 atom stereocenters. The lowest BCUT2D eigenvalue weighted by atomic mass is 10.0. The third-order valence-electron chi connectivity index (χ3n) is 5.33. The molecule has 1 aliphatic carbocycles. The molecule has 32 heavy (non-hydrogen) atoms. The molecule has 3 aromatic rings. The van der Waals surface area contributed by atoms with E-state index in [-0.39, 0.29) is 22.0 Å². The summed E-state index contributed by atoms with van der Waals surface area (Å²) < 4.78 is 29.0. The minimum atomic E-state index is -0.948. The van der Waals surface area contributed by atoms with Gasteiger partial charge in [-0.25, -0.2) is 13.8 Å². The van der Waals surface area contributed by atoms with Gasteiger partial charge in [0.05, 0.1) is 28.4 Å². The highest BCUT2D eigenvalue weighted by molar-refractivity contribution is 7.99. The number of nitriles is 1. The second-order valence-electron chi connectivity index (χ2n) is 7.53. The number of rotatable bonds is 5. The Balaban J connectivity index is 1.73. The fourth-order valence-corrected chi connectivity index (χ4v) is 4.76. The number of halogens is 3. The number of nitrogens with zero attached hydrogens (tertiary/aromatic N) is 3. The summed E-state index contributed by atoms with van der Waals surface area (Å²) in [4.78, 5) is 30.2. The average Bonchev–Trinajstić information content (AvgIpc) is 3.22. The second kappa shape index (κ2) is 8.88. The first kappa shape index (κ1) is 22.2. The zero-order valence-electron chi connectivity index (χ0n) is 16.7. The molecule has 1 saturated carbocycles. The normalized spacial score (nSPS) is 14.9. The second-order valence-corrected chi connectivity index (χ2v) is 8.91. The molecule has 0 spiro atoms. The monoisotopic (exact) mass is 474 g/mol. The van der Waals surface area contributed by atoms with Gasteiger partial charge >= 0.3 is 0 Å². The van der Waals surface area contributed by atoms with Crippen LogP contribution in [0.5, 0.6) is 0 Å². The molecule has 0 saturated heterocycles. The van der Waals surface area contributed by atoms with Gasteiger partial charge in [-0.15, -0.1) is 0 Å². The topological polar surface area (TPSA) is 87.8 Å². The van der Waals surface area contributed by atoms with Crippen molar-refractivity contribution in [2.24, 2.45) is 0 Å². The van der Waals surface area contributed by atoms with Crippen molar-refractivity contribution in [3.05, 3.63) is 63.4 Å². The smallest absolute Gasteiger partial charge is 0.266 e. The van der Waals surface area contributed by atoms with Crippen LogP contribution in [0.3, 0.4) is 0 Å². The number of benzene rings is 2. The molecule has 0 radical (unpaired) electrons. The van der Waals surface area contributed by atoms with E-state index in [0.717, 1.165) is 41.3 Å². The van der Waals surface area contributed by atoms with Gasteiger partial charge < -0.3 is 5.32 Å². The summed E-state index contributed by atoms with van der Waals surface area (Å²) in [7, 11) is 0. The Hall–Kier alpha value is -2.96. The minimum absolute atomic E-state index is 0.0583. The Morgan fingerprint density at radius 1 is 1.25 bits per heavy atom.